The van der Waals surface area contributed by atoms with Crippen LogP contribution in [-0.2, 0) is 19.6 Å². The van der Waals surface area contributed by atoms with Crippen LogP contribution in [0.25, 0.3) is 10.8 Å². The molecule has 31 heavy (non-hydrogen) atoms. The number of imide groups is 1. The van der Waals surface area contributed by atoms with Gasteiger partial charge in [-0.2, -0.15) is 0 Å². The van der Waals surface area contributed by atoms with Crippen molar-refractivity contribution in [2.45, 2.75) is 4.90 Å². The fourth-order valence-electron chi connectivity index (χ4n) is 2.71. The van der Waals surface area contributed by atoms with E-state index in [0.717, 1.165) is 22.2 Å². The van der Waals surface area contributed by atoms with Crippen LogP contribution < -0.4 is 20.7 Å². The minimum Gasteiger partial charge on any atom is -0.377 e. The average molecular weight is 483 g/mol. The molecule has 0 unspecified atom stereocenters. The van der Waals surface area contributed by atoms with Gasteiger partial charge in [0.1, 0.15) is 0 Å². The highest BCUT2D eigenvalue weighted by atomic mass is 33.1. The molecule has 0 aliphatic carbocycles. The molecule has 0 saturated heterocycles. The topological polar surface area (TPSA) is 122 Å². The Kier molecular flexibility index (Phi) is 9.85. The molecule has 0 aromatic heterocycles. The van der Waals surface area contributed by atoms with Gasteiger partial charge in [-0.3, -0.25) is 14.9 Å². The van der Waals surface area contributed by atoms with Gasteiger partial charge in [0.05, 0.1) is 4.90 Å². The number of carbonyl (C=O) groups excluding carboxylic acids is 2. The van der Waals surface area contributed by atoms with Crippen molar-refractivity contribution in [2.24, 2.45) is 5.73 Å². The van der Waals surface area contributed by atoms with E-state index >= 15 is 0 Å². The molecule has 8 nitrogen and oxygen atoms in total. The van der Waals surface area contributed by atoms with E-state index in [-0.39, 0.29) is 11.8 Å². The molecule has 0 spiro atoms. The van der Waals surface area contributed by atoms with Crippen LogP contribution in [0.3, 0.4) is 0 Å². The molecule has 2 aromatic rings. The first-order valence-corrected chi connectivity index (χ1v) is 13.4. The zero-order valence-electron chi connectivity index (χ0n) is 17.3. The summed E-state index contributed by atoms with van der Waals surface area (Å²) in [6.45, 7) is 1.03. The summed E-state index contributed by atoms with van der Waals surface area (Å²) in [5.74, 6) is 0.918. The minimum absolute atomic E-state index is 0.323. The van der Waals surface area contributed by atoms with E-state index in [1.807, 2.05) is 48.6 Å². The number of rotatable bonds is 9. The van der Waals surface area contributed by atoms with E-state index in [4.69, 9.17) is 5.73 Å². The van der Waals surface area contributed by atoms with Crippen LogP contribution in [0.5, 0.6) is 0 Å². The van der Waals surface area contributed by atoms with Crippen LogP contribution >= 0.6 is 21.6 Å². The Morgan fingerprint density at radius 2 is 1.58 bits per heavy atom. The number of anilines is 1. The lowest BCUT2D eigenvalue weighted by Crippen LogP contribution is -2.26. The maximum absolute atomic E-state index is 12.7. The Hall–Kier alpha value is -2.05. The van der Waals surface area contributed by atoms with E-state index in [1.54, 1.807) is 33.7 Å². The molecule has 168 valence electrons. The van der Waals surface area contributed by atoms with Gasteiger partial charge in [-0.05, 0) is 12.1 Å². The van der Waals surface area contributed by atoms with Crippen LogP contribution in [-0.4, -0.2) is 58.9 Å². The van der Waals surface area contributed by atoms with E-state index < -0.39 is 10.0 Å². The number of amides is 2. The first-order valence-electron chi connectivity index (χ1n) is 9.42. The van der Waals surface area contributed by atoms with E-state index in [0.29, 0.717) is 23.7 Å². The summed E-state index contributed by atoms with van der Waals surface area (Å²) < 4.78 is 28.0. The van der Waals surface area contributed by atoms with Gasteiger partial charge in [0.25, 0.3) is 11.8 Å². The van der Waals surface area contributed by atoms with Crippen molar-refractivity contribution in [2.75, 3.05) is 43.6 Å². The second-order valence-electron chi connectivity index (χ2n) is 6.54. The zero-order chi connectivity index (χ0) is 22.9. The first-order chi connectivity index (χ1) is 14.8. The molecule has 1 aliphatic rings. The number of hydrogen-bond acceptors (Lipinski definition) is 8. The molecule has 3 rings (SSSR count). The molecule has 0 bridgehead atoms. The lowest BCUT2D eigenvalue weighted by Gasteiger charge is -2.17. The largest absolute Gasteiger partial charge is 0.377 e. The number of fused-ring (bicyclic) bond motifs is 1. The number of nitrogens with one attached hydrogen (secondary N) is 2. The maximum Gasteiger partial charge on any atom is 0.250 e. The lowest BCUT2D eigenvalue weighted by molar-refractivity contribution is -0.123. The highest BCUT2D eigenvalue weighted by Crippen LogP contribution is 2.30. The Morgan fingerprint density at radius 1 is 0.968 bits per heavy atom. The number of hydrogen-bond donors (Lipinski definition) is 3. The van der Waals surface area contributed by atoms with Crippen molar-refractivity contribution in [3.8, 4) is 0 Å². The summed E-state index contributed by atoms with van der Waals surface area (Å²) in [7, 11) is 3.65. The third kappa shape index (κ3) is 7.54. The molecular weight excluding hydrogens is 456 g/mol. The van der Waals surface area contributed by atoms with Crippen molar-refractivity contribution in [3.63, 3.8) is 0 Å². The van der Waals surface area contributed by atoms with Crippen LogP contribution in [0.1, 0.15) is 0 Å². The predicted molar refractivity (Wildman–Crippen MR) is 130 cm³/mol. The quantitative estimate of drug-likeness (QED) is 0.281. The summed E-state index contributed by atoms with van der Waals surface area (Å²) in [5, 5.41) is 3.69. The summed E-state index contributed by atoms with van der Waals surface area (Å²) in [5.41, 5.74) is 6.42. The SMILES string of the molecule is CN(C)c1cccc2c(S(=O)(=O)NCCSSCCN)cccc12.O=C1C=CC(=O)N1. The number of nitrogens with zero attached hydrogens (tertiary/aromatic N) is 1. The van der Waals surface area contributed by atoms with Crippen LogP contribution in [0, 0.1) is 0 Å². The third-order valence-corrected chi connectivity index (χ3v) is 7.98. The summed E-state index contributed by atoms with van der Waals surface area (Å²) in [4.78, 5) is 22.4. The van der Waals surface area contributed by atoms with Crippen molar-refractivity contribution >= 4 is 59.9 Å². The number of benzene rings is 2. The highest BCUT2D eigenvalue weighted by molar-refractivity contribution is 8.76. The van der Waals surface area contributed by atoms with Crippen molar-refractivity contribution < 1.29 is 18.0 Å². The monoisotopic (exact) mass is 482 g/mol. The van der Waals surface area contributed by atoms with Crippen LogP contribution in [0.4, 0.5) is 5.69 Å². The van der Waals surface area contributed by atoms with Gasteiger partial charge in [0, 0.05) is 67.3 Å². The Morgan fingerprint density at radius 3 is 2.16 bits per heavy atom. The molecular formula is C20H26N4O4S3. The lowest BCUT2D eigenvalue weighted by atomic mass is 10.1. The Labute approximate surface area is 190 Å². The van der Waals surface area contributed by atoms with E-state index in [2.05, 4.69) is 4.72 Å². The van der Waals surface area contributed by atoms with Gasteiger partial charge in [-0.25, -0.2) is 13.1 Å². The minimum atomic E-state index is -3.54. The number of sulfonamides is 1. The molecule has 1 aliphatic heterocycles. The van der Waals surface area contributed by atoms with Crippen molar-refractivity contribution in [1.82, 2.24) is 10.0 Å². The standard InChI is InChI=1S/C16H23N3O2S3.C4H3NO2/c1-19(2)15-7-3-6-14-13(15)5-4-8-16(14)24(20,21)18-10-12-23-22-11-9-17;6-3-1-2-4(7)5-3/h3-8,18H,9-12,17H2,1-2H3;1-2H,(H,5,6,7). The van der Waals surface area contributed by atoms with Crippen LogP contribution in [0.2, 0.25) is 0 Å². The molecule has 4 N–H and O–H groups in total. The van der Waals surface area contributed by atoms with Gasteiger partial charge < -0.3 is 10.6 Å². The van der Waals surface area contributed by atoms with Gasteiger partial charge in [-0.15, -0.1) is 0 Å². The number of nitrogens with two attached hydrogens (primary N) is 1. The summed E-state index contributed by atoms with van der Waals surface area (Å²) >= 11 is 0. The smallest absolute Gasteiger partial charge is 0.250 e. The molecule has 2 aromatic carbocycles. The maximum atomic E-state index is 12.7. The first kappa shape index (κ1) is 25.2. The average Bonchev–Trinajstić information content (AvgIpc) is 3.12. The zero-order valence-corrected chi connectivity index (χ0v) is 19.8. The van der Waals surface area contributed by atoms with E-state index in [1.165, 1.54) is 12.2 Å². The molecule has 2 amide bonds. The molecule has 1 heterocycles. The Bertz CT molecular complexity index is 1040. The van der Waals surface area contributed by atoms with Gasteiger partial charge >= 0.3 is 0 Å². The normalized spacial score (nSPS) is 13.1. The second kappa shape index (κ2) is 12.1. The molecule has 0 atom stereocenters. The summed E-state index contributed by atoms with van der Waals surface area (Å²) in [6.07, 6.45) is 2.39. The summed E-state index contributed by atoms with van der Waals surface area (Å²) in [6, 6.07) is 11.1. The van der Waals surface area contributed by atoms with Crippen LogP contribution in [0.15, 0.2) is 53.4 Å². The van der Waals surface area contributed by atoms with Gasteiger partial charge in [0.15, 0.2) is 0 Å². The van der Waals surface area contributed by atoms with Crippen molar-refractivity contribution in [3.05, 3.63) is 48.6 Å². The third-order valence-electron chi connectivity index (χ3n) is 4.02. The fraction of sp³-hybridized carbons (Fsp3) is 0.300. The molecule has 0 fully saturated rings. The molecule has 11 heteroatoms. The predicted octanol–water partition coefficient (Wildman–Crippen LogP) is 1.72. The fourth-order valence-corrected chi connectivity index (χ4v) is 5.85. The van der Waals surface area contributed by atoms with Gasteiger partial charge in [-0.1, -0.05) is 45.9 Å². The number of carbonyl (C=O) groups is 2. The van der Waals surface area contributed by atoms with Crippen molar-refractivity contribution in [1.29, 1.82) is 0 Å². The Balaban J connectivity index is 0.000000412. The van der Waals surface area contributed by atoms with E-state index in [9.17, 15) is 18.0 Å². The highest BCUT2D eigenvalue weighted by Gasteiger charge is 2.18. The molecule has 0 saturated carbocycles. The van der Waals surface area contributed by atoms with Gasteiger partial charge in [0.2, 0.25) is 10.0 Å². The second-order valence-corrected chi connectivity index (χ2v) is 11.0. The molecule has 0 radical (unpaired) electrons.